The molecule has 6 heteroatoms. The second kappa shape index (κ2) is 6.43. The molecule has 1 unspecified atom stereocenters. The Labute approximate surface area is 138 Å². The molecule has 0 aliphatic heterocycles. The third kappa shape index (κ3) is 3.17. The van der Waals surface area contributed by atoms with E-state index in [0.29, 0.717) is 15.2 Å². The minimum Gasteiger partial charge on any atom is -0.495 e. The third-order valence-electron chi connectivity index (χ3n) is 2.88. The average Bonchev–Trinajstić information content (AvgIpc) is 2.40. The topological polar surface area (TPSA) is 35.2 Å². The smallest absolute Gasteiger partial charge is 0.138 e. The Balaban J connectivity index is 2.52. The molecule has 2 aromatic rings. The number of nitrogens with two attached hydrogens (primary N) is 1. The number of methoxy groups -OCH3 is 1. The zero-order valence-corrected chi connectivity index (χ0v) is 14.4. The molecule has 0 aliphatic carbocycles. The molecule has 0 radical (unpaired) electrons. The molecular weight excluding hydrogens is 412 g/mol. The van der Waals surface area contributed by atoms with Crippen LogP contribution in [0.15, 0.2) is 39.3 Å². The first-order valence-corrected chi connectivity index (χ1v) is 7.64. The van der Waals surface area contributed by atoms with Crippen molar-refractivity contribution >= 4 is 43.5 Å². The van der Waals surface area contributed by atoms with E-state index in [1.54, 1.807) is 31.4 Å². The predicted molar refractivity (Wildman–Crippen MR) is 85.8 cm³/mol. The van der Waals surface area contributed by atoms with Crippen LogP contribution < -0.4 is 10.5 Å². The van der Waals surface area contributed by atoms with E-state index in [9.17, 15) is 4.39 Å². The van der Waals surface area contributed by atoms with Crippen LogP contribution in [0, 0.1) is 5.82 Å². The van der Waals surface area contributed by atoms with Gasteiger partial charge in [-0.2, -0.15) is 0 Å². The Morgan fingerprint density at radius 2 is 1.90 bits per heavy atom. The summed E-state index contributed by atoms with van der Waals surface area (Å²) in [6, 6.07) is 7.65. The lowest BCUT2D eigenvalue weighted by Crippen LogP contribution is -2.13. The van der Waals surface area contributed by atoms with E-state index in [-0.39, 0.29) is 5.82 Å². The standard InChI is InChI=1S/C14H11Br2ClFNO/c1-20-14-9(5-8(17)6-11(14)16)13(19)7-2-3-12(18)10(15)4-7/h2-6,13H,19H2,1H3. The van der Waals surface area contributed by atoms with Crippen molar-refractivity contribution in [2.45, 2.75) is 6.04 Å². The largest absolute Gasteiger partial charge is 0.495 e. The monoisotopic (exact) mass is 421 g/mol. The van der Waals surface area contributed by atoms with Crippen LogP contribution >= 0.6 is 43.5 Å². The van der Waals surface area contributed by atoms with Gasteiger partial charge in [0.2, 0.25) is 0 Å². The molecule has 0 saturated heterocycles. The van der Waals surface area contributed by atoms with Gasteiger partial charge in [0.1, 0.15) is 11.6 Å². The van der Waals surface area contributed by atoms with Crippen molar-refractivity contribution in [2.75, 3.05) is 7.11 Å². The maximum absolute atomic E-state index is 13.3. The van der Waals surface area contributed by atoms with Crippen LogP contribution in [-0.2, 0) is 0 Å². The summed E-state index contributed by atoms with van der Waals surface area (Å²) >= 11 is 12.6. The van der Waals surface area contributed by atoms with Crippen molar-refractivity contribution in [3.05, 3.63) is 61.2 Å². The maximum atomic E-state index is 13.3. The normalized spacial score (nSPS) is 12.3. The summed E-state index contributed by atoms with van der Waals surface area (Å²) in [7, 11) is 1.56. The fourth-order valence-electron chi connectivity index (χ4n) is 1.91. The molecule has 20 heavy (non-hydrogen) atoms. The highest BCUT2D eigenvalue weighted by Crippen LogP contribution is 2.37. The minimum absolute atomic E-state index is 0.333. The number of hydrogen-bond acceptors (Lipinski definition) is 2. The summed E-state index contributed by atoms with van der Waals surface area (Å²) in [5.74, 6) is 0.280. The minimum atomic E-state index is -0.475. The summed E-state index contributed by atoms with van der Waals surface area (Å²) in [6.07, 6.45) is 0. The highest BCUT2D eigenvalue weighted by atomic mass is 79.9. The third-order valence-corrected chi connectivity index (χ3v) is 4.29. The molecule has 0 aromatic heterocycles. The lowest BCUT2D eigenvalue weighted by molar-refractivity contribution is 0.405. The van der Waals surface area contributed by atoms with Crippen LogP contribution in [-0.4, -0.2) is 7.11 Å². The van der Waals surface area contributed by atoms with E-state index < -0.39 is 6.04 Å². The summed E-state index contributed by atoms with van der Waals surface area (Å²) in [4.78, 5) is 0. The van der Waals surface area contributed by atoms with Gasteiger partial charge in [0, 0.05) is 10.6 Å². The van der Waals surface area contributed by atoms with Crippen molar-refractivity contribution < 1.29 is 9.13 Å². The van der Waals surface area contributed by atoms with Gasteiger partial charge in [-0.3, -0.25) is 0 Å². The lowest BCUT2D eigenvalue weighted by Gasteiger charge is -2.18. The van der Waals surface area contributed by atoms with E-state index >= 15 is 0 Å². The van der Waals surface area contributed by atoms with Crippen LogP contribution in [0.5, 0.6) is 5.75 Å². The molecule has 0 aliphatic rings. The van der Waals surface area contributed by atoms with Gasteiger partial charge in [-0.15, -0.1) is 0 Å². The molecule has 0 fully saturated rings. The van der Waals surface area contributed by atoms with E-state index in [1.807, 2.05) is 0 Å². The SMILES string of the molecule is COc1c(Br)cc(Cl)cc1C(N)c1ccc(F)c(Br)c1. The Morgan fingerprint density at radius 1 is 1.20 bits per heavy atom. The van der Waals surface area contributed by atoms with Crippen LogP contribution in [0.2, 0.25) is 5.02 Å². The number of benzene rings is 2. The molecule has 2 nitrogen and oxygen atoms in total. The van der Waals surface area contributed by atoms with Crippen LogP contribution in [0.3, 0.4) is 0 Å². The summed E-state index contributed by atoms with van der Waals surface area (Å²) in [5.41, 5.74) is 7.73. The van der Waals surface area contributed by atoms with Crippen molar-refractivity contribution in [2.24, 2.45) is 5.73 Å². The zero-order valence-electron chi connectivity index (χ0n) is 10.5. The lowest BCUT2D eigenvalue weighted by atomic mass is 9.99. The van der Waals surface area contributed by atoms with Crippen LogP contribution in [0.25, 0.3) is 0 Å². The summed E-state index contributed by atoms with van der Waals surface area (Å²) < 4.78 is 19.7. The van der Waals surface area contributed by atoms with Crippen molar-refractivity contribution in [1.29, 1.82) is 0 Å². The average molecular weight is 424 g/mol. The highest BCUT2D eigenvalue weighted by molar-refractivity contribution is 9.10. The molecule has 0 heterocycles. The van der Waals surface area contributed by atoms with Gasteiger partial charge in [0.05, 0.1) is 22.1 Å². The van der Waals surface area contributed by atoms with Gasteiger partial charge in [-0.05, 0) is 61.7 Å². The number of halogens is 4. The Kier molecular flexibility index (Phi) is 5.07. The van der Waals surface area contributed by atoms with Gasteiger partial charge in [-0.1, -0.05) is 17.7 Å². The second-order valence-corrected chi connectivity index (χ2v) is 6.31. The van der Waals surface area contributed by atoms with Gasteiger partial charge < -0.3 is 10.5 Å². The van der Waals surface area contributed by atoms with E-state index in [0.717, 1.165) is 15.6 Å². The fourth-order valence-corrected chi connectivity index (χ4v) is 3.30. The highest BCUT2D eigenvalue weighted by Gasteiger charge is 2.18. The van der Waals surface area contributed by atoms with E-state index in [2.05, 4.69) is 31.9 Å². The van der Waals surface area contributed by atoms with Crippen LogP contribution in [0.1, 0.15) is 17.2 Å². The van der Waals surface area contributed by atoms with E-state index in [4.69, 9.17) is 22.1 Å². The van der Waals surface area contributed by atoms with Gasteiger partial charge in [0.15, 0.2) is 0 Å². The van der Waals surface area contributed by atoms with Crippen molar-refractivity contribution in [3.8, 4) is 5.75 Å². The Morgan fingerprint density at radius 3 is 2.50 bits per heavy atom. The molecule has 0 saturated carbocycles. The zero-order chi connectivity index (χ0) is 14.9. The first-order valence-electron chi connectivity index (χ1n) is 5.67. The van der Waals surface area contributed by atoms with Gasteiger partial charge >= 0.3 is 0 Å². The molecule has 0 bridgehead atoms. The summed E-state index contributed by atoms with van der Waals surface area (Å²) in [5, 5.41) is 0.546. The molecular formula is C14H11Br2ClFNO. The van der Waals surface area contributed by atoms with Crippen molar-refractivity contribution in [3.63, 3.8) is 0 Å². The molecule has 0 spiro atoms. The predicted octanol–water partition coefficient (Wildman–Crippen LogP) is 5.06. The number of rotatable bonds is 3. The Hall–Kier alpha value is -0.620. The van der Waals surface area contributed by atoms with Gasteiger partial charge in [-0.25, -0.2) is 4.39 Å². The molecule has 2 N–H and O–H groups in total. The second-order valence-electron chi connectivity index (χ2n) is 4.16. The molecule has 2 rings (SSSR count). The molecule has 1 atom stereocenters. The molecule has 0 amide bonds. The van der Waals surface area contributed by atoms with Crippen molar-refractivity contribution in [1.82, 2.24) is 0 Å². The quantitative estimate of drug-likeness (QED) is 0.749. The van der Waals surface area contributed by atoms with Crippen LogP contribution in [0.4, 0.5) is 4.39 Å². The van der Waals surface area contributed by atoms with Gasteiger partial charge in [0.25, 0.3) is 0 Å². The first kappa shape index (κ1) is 15.8. The Bertz CT molecular complexity index is 651. The molecule has 2 aromatic carbocycles. The molecule has 106 valence electrons. The maximum Gasteiger partial charge on any atom is 0.138 e. The number of hydrogen-bond donors (Lipinski definition) is 1. The number of ether oxygens (including phenoxy) is 1. The van der Waals surface area contributed by atoms with E-state index in [1.165, 1.54) is 6.07 Å². The first-order chi connectivity index (χ1) is 9.43. The fraction of sp³-hybridized carbons (Fsp3) is 0.143. The summed E-state index contributed by atoms with van der Waals surface area (Å²) in [6.45, 7) is 0.